The Morgan fingerprint density at radius 2 is 2.13 bits per heavy atom. The standard InChI is InChI=1S/C21H31BrN2O5S/c1-3-5-6-9-23(8-4-2)19(27)17-21-12-13(22)16(30-21)14(20(28)29)15(21)18(26)24(17)10-7-11-25/h4,13-17,25H,2-3,5-12H2,1H3,(H,28,29)/t13?,14-,15+,16-,17?,21?/m1/s1. The third-order valence-corrected chi connectivity index (χ3v) is 9.78. The molecule has 3 heterocycles. The van der Waals surface area contributed by atoms with E-state index in [1.54, 1.807) is 15.9 Å². The molecule has 0 aromatic rings. The monoisotopic (exact) mass is 502 g/mol. The summed E-state index contributed by atoms with van der Waals surface area (Å²) in [6.07, 6.45) is 5.56. The minimum Gasteiger partial charge on any atom is -0.481 e. The van der Waals surface area contributed by atoms with Crippen molar-refractivity contribution in [2.45, 2.75) is 59.9 Å². The van der Waals surface area contributed by atoms with Gasteiger partial charge in [0.2, 0.25) is 11.8 Å². The number of likely N-dealkylation sites (tertiary alicyclic amines) is 1. The van der Waals surface area contributed by atoms with Crippen LogP contribution in [0.1, 0.15) is 39.0 Å². The number of fused-ring (bicyclic) bond motifs is 1. The molecule has 1 spiro atoms. The molecule has 0 aromatic heterocycles. The highest BCUT2D eigenvalue weighted by molar-refractivity contribution is 9.09. The van der Waals surface area contributed by atoms with Crippen LogP contribution < -0.4 is 0 Å². The van der Waals surface area contributed by atoms with Crippen LogP contribution in [0, 0.1) is 11.8 Å². The number of unbranched alkanes of at least 4 members (excludes halogenated alkanes) is 2. The Balaban J connectivity index is 1.98. The molecule has 2 amide bonds. The van der Waals surface area contributed by atoms with Gasteiger partial charge in [-0.3, -0.25) is 14.4 Å². The first kappa shape index (κ1) is 23.6. The lowest BCUT2D eigenvalue weighted by atomic mass is 9.71. The van der Waals surface area contributed by atoms with E-state index >= 15 is 0 Å². The fourth-order valence-corrected chi connectivity index (χ4v) is 8.95. The van der Waals surface area contributed by atoms with Crippen LogP contribution in [-0.2, 0) is 14.4 Å². The van der Waals surface area contributed by atoms with E-state index in [4.69, 9.17) is 0 Å². The van der Waals surface area contributed by atoms with Crippen molar-refractivity contribution in [2.24, 2.45) is 11.8 Å². The molecule has 0 radical (unpaired) electrons. The highest BCUT2D eigenvalue weighted by Gasteiger charge is 2.75. The number of amides is 2. The molecule has 9 heteroatoms. The predicted octanol–water partition coefficient (Wildman–Crippen LogP) is 2.12. The van der Waals surface area contributed by atoms with E-state index in [2.05, 4.69) is 29.4 Å². The molecule has 7 nitrogen and oxygen atoms in total. The molecule has 3 aliphatic rings. The summed E-state index contributed by atoms with van der Waals surface area (Å²) in [6, 6.07) is -0.706. The number of halogens is 1. The second kappa shape index (κ2) is 9.61. The van der Waals surface area contributed by atoms with E-state index in [0.717, 1.165) is 19.3 Å². The van der Waals surface area contributed by atoms with Gasteiger partial charge in [-0.1, -0.05) is 41.8 Å². The number of alkyl halides is 1. The number of aliphatic carboxylic acids is 1. The van der Waals surface area contributed by atoms with Crippen LogP contribution in [0.2, 0.25) is 0 Å². The summed E-state index contributed by atoms with van der Waals surface area (Å²) < 4.78 is -0.740. The summed E-state index contributed by atoms with van der Waals surface area (Å²) in [6.45, 7) is 7.04. The molecule has 3 aliphatic heterocycles. The quantitative estimate of drug-likeness (QED) is 0.255. The number of carboxylic acids is 1. The fourth-order valence-electron chi connectivity index (χ4n) is 5.35. The van der Waals surface area contributed by atoms with Crippen LogP contribution in [0.25, 0.3) is 0 Å². The Morgan fingerprint density at radius 3 is 2.73 bits per heavy atom. The number of rotatable bonds is 11. The van der Waals surface area contributed by atoms with Gasteiger partial charge in [0.05, 0.1) is 16.6 Å². The molecular formula is C21H31BrN2O5S. The fraction of sp³-hybridized carbons (Fsp3) is 0.762. The second-order valence-corrected chi connectivity index (χ2v) is 11.1. The molecule has 0 aliphatic carbocycles. The van der Waals surface area contributed by atoms with Gasteiger partial charge in [-0.05, 0) is 19.3 Å². The zero-order valence-electron chi connectivity index (χ0n) is 17.3. The number of hydrogen-bond donors (Lipinski definition) is 2. The molecule has 2 bridgehead atoms. The largest absolute Gasteiger partial charge is 0.481 e. The maximum Gasteiger partial charge on any atom is 0.308 e. The topological polar surface area (TPSA) is 98.2 Å². The van der Waals surface area contributed by atoms with Crippen LogP contribution in [0.4, 0.5) is 0 Å². The third-order valence-electron chi connectivity index (χ3n) is 6.56. The first-order valence-electron chi connectivity index (χ1n) is 10.7. The highest BCUT2D eigenvalue weighted by Crippen LogP contribution is 2.67. The number of aliphatic hydroxyl groups is 1. The van der Waals surface area contributed by atoms with Gasteiger partial charge in [0.1, 0.15) is 6.04 Å². The van der Waals surface area contributed by atoms with E-state index in [0.29, 0.717) is 25.9 Å². The summed E-state index contributed by atoms with van der Waals surface area (Å²) in [5, 5.41) is 19.0. The van der Waals surface area contributed by atoms with Gasteiger partial charge in [0.25, 0.3) is 0 Å². The van der Waals surface area contributed by atoms with Gasteiger partial charge in [-0.15, -0.1) is 18.3 Å². The number of carboxylic acid groups (broad SMARTS) is 1. The van der Waals surface area contributed by atoms with Crippen LogP contribution in [0.15, 0.2) is 12.7 Å². The van der Waals surface area contributed by atoms with Crippen molar-refractivity contribution in [3.63, 3.8) is 0 Å². The normalized spacial score (nSPS) is 34.3. The minimum atomic E-state index is -0.974. The number of thioether (sulfide) groups is 1. The Kier molecular flexibility index (Phi) is 7.56. The van der Waals surface area contributed by atoms with Gasteiger partial charge < -0.3 is 20.0 Å². The molecule has 6 atom stereocenters. The lowest BCUT2D eigenvalue weighted by Gasteiger charge is -2.37. The zero-order valence-corrected chi connectivity index (χ0v) is 19.7. The highest BCUT2D eigenvalue weighted by atomic mass is 79.9. The number of aliphatic hydroxyl groups excluding tert-OH is 1. The van der Waals surface area contributed by atoms with Crippen molar-refractivity contribution in [1.82, 2.24) is 9.80 Å². The van der Waals surface area contributed by atoms with E-state index in [1.807, 2.05) is 0 Å². The molecule has 3 unspecified atom stereocenters. The lowest BCUT2D eigenvalue weighted by Crippen LogP contribution is -2.55. The summed E-state index contributed by atoms with van der Waals surface area (Å²) in [5.41, 5.74) is 0. The Bertz CT molecular complexity index is 707. The van der Waals surface area contributed by atoms with Gasteiger partial charge in [0, 0.05) is 36.3 Å². The van der Waals surface area contributed by atoms with Crippen LogP contribution >= 0.6 is 27.7 Å². The van der Waals surface area contributed by atoms with E-state index in [1.165, 1.54) is 11.8 Å². The first-order valence-corrected chi connectivity index (χ1v) is 12.5. The zero-order chi connectivity index (χ0) is 22.1. The van der Waals surface area contributed by atoms with Crippen molar-refractivity contribution in [3.05, 3.63) is 12.7 Å². The predicted molar refractivity (Wildman–Crippen MR) is 120 cm³/mol. The smallest absolute Gasteiger partial charge is 0.308 e. The molecule has 30 heavy (non-hydrogen) atoms. The summed E-state index contributed by atoms with van der Waals surface area (Å²) in [5.74, 6) is -2.86. The van der Waals surface area contributed by atoms with Gasteiger partial charge >= 0.3 is 5.97 Å². The molecule has 2 N–H and O–H groups in total. The lowest BCUT2D eigenvalue weighted by molar-refractivity contribution is -0.148. The summed E-state index contributed by atoms with van der Waals surface area (Å²) >= 11 is 5.14. The molecule has 3 rings (SSSR count). The summed E-state index contributed by atoms with van der Waals surface area (Å²) in [7, 11) is 0. The maximum absolute atomic E-state index is 13.8. The van der Waals surface area contributed by atoms with Crippen molar-refractivity contribution < 1.29 is 24.6 Å². The Labute approximate surface area is 190 Å². The van der Waals surface area contributed by atoms with Crippen molar-refractivity contribution in [3.8, 4) is 0 Å². The number of carbonyl (C=O) groups excluding carboxylic acids is 2. The molecular weight excluding hydrogens is 472 g/mol. The Morgan fingerprint density at radius 1 is 1.40 bits per heavy atom. The van der Waals surface area contributed by atoms with E-state index < -0.39 is 28.6 Å². The average molecular weight is 503 g/mol. The molecule has 3 saturated heterocycles. The second-order valence-electron chi connectivity index (χ2n) is 8.39. The molecule has 3 fully saturated rings. The van der Waals surface area contributed by atoms with Gasteiger partial charge in [0.15, 0.2) is 0 Å². The minimum absolute atomic E-state index is 0.0475. The van der Waals surface area contributed by atoms with Crippen molar-refractivity contribution in [1.29, 1.82) is 0 Å². The van der Waals surface area contributed by atoms with Crippen molar-refractivity contribution in [2.75, 3.05) is 26.2 Å². The number of nitrogens with zero attached hydrogens (tertiary/aromatic N) is 2. The van der Waals surface area contributed by atoms with Crippen LogP contribution in [-0.4, -0.2) is 84.9 Å². The SMILES string of the molecule is C=CCN(CCCCC)C(=O)C1N(CCCO)C(=O)[C@@H]2[C@@H](C(=O)O)[C@@H]3SC12CC3Br. The van der Waals surface area contributed by atoms with Crippen LogP contribution in [0.3, 0.4) is 0 Å². The van der Waals surface area contributed by atoms with E-state index in [-0.39, 0.29) is 35.0 Å². The molecule has 168 valence electrons. The third kappa shape index (κ3) is 3.81. The first-order chi connectivity index (χ1) is 14.3. The molecule has 0 saturated carbocycles. The van der Waals surface area contributed by atoms with Gasteiger partial charge in [-0.2, -0.15) is 0 Å². The Hall–Kier alpha value is -1.06. The van der Waals surface area contributed by atoms with Gasteiger partial charge in [-0.25, -0.2) is 0 Å². The van der Waals surface area contributed by atoms with Crippen LogP contribution in [0.5, 0.6) is 0 Å². The molecule has 0 aromatic carbocycles. The number of hydrogen-bond acceptors (Lipinski definition) is 5. The average Bonchev–Trinajstić information content (AvgIpc) is 3.29. The van der Waals surface area contributed by atoms with E-state index in [9.17, 15) is 24.6 Å². The van der Waals surface area contributed by atoms with Crippen molar-refractivity contribution >= 4 is 45.5 Å². The summed E-state index contributed by atoms with van der Waals surface area (Å²) in [4.78, 5) is 42.6. The maximum atomic E-state index is 13.8. The number of carbonyl (C=O) groups is 3.